The Morgan fingerprint density at radius 3 is 2.70 bits per heavy atom. The highest BCUT2D eigenvalue weighted by Gasteiger charge is 2.24. The van der Waals surface area contributed by atoms with Gasteiger partial charge in [-0.1, -0.05) is 35.0 Å². The molecule has 1 aliphatic rings. The smallest absolute Gasteiger partial charge is 0.278 e. The summed E-state index contributed by atoms with van der Waals surface area (Å²) in [6.45, 7) is 3.23. The fraction of sp³-hybridized carbons (Fsp3) is 0.200. The van der Waals surface area contributed by atoms with Crippen molar-refractivity contribution in [3.8, 4) is 23.0 Å². The Kier molecular flexibility index (Phi) is 3.79. The van der Waals surface area contributed by atoms with Gasteiger partial charge in [-0.15, -0.1) is 0 Å². The van der Waals surface area contributed by atoms with Crippen LogP contribution in [0.3, 0.4) is 0 Å². The maximum absolute atomic E-state index is 6.02. The Balaban J connectivity index is 1.40. The summed E-state index contributed by atoms with van der Waals surface area (Å²) in [6.07, 6.45) is 3.38. The minimum absolute atomic E-state index is 0.0130. The molecule has 0 unspecified atom stereocenters. The number of ether oxygens (including phenoxy) is 1. The highest BCUT2D eigenvalue weighted by Crippen LogP contribution is 2.29. The number of benzene rings is 1. The van der Waals surface area contributed by atoms with E-state index in [2.05, 4.69) is 51.4 Å². The van der Waals surface area contributed by atoms with E-state index in [0.29, 0.717) is 30.6 Å². The van der Waals surface area contributed by atoms with E-state index in [4.69, 9.17) is 9.26 Å². The van der Waals surface area contributed by atoms with Gasteiger partial charge in [0.2, 0.25) is 5.82 Å². The van der Waals surface area contributed by atoms with E-state index in [0.717, 1.165) is 16.8 Å². The molecule has 0 saturated carbocycles. The number of aryl methyl sites for hydroxylation is 1. The fourth-order valence-electron chi connectivity index (χ4n) is 3.16. The molecule has 0 amide bonds. The molecule has 0 spiro atoms. The lowest BCUT2D eigenvalue weighted by atomic mass is 10.1. The van der Waals surface area contributed by atoms with Crippen molar-refractivity contribution >= 4 is 0 Å². The summed E-state index contributed by atoms with van der Waals surface area (Å²) < 4.78 is 13.4. The van der Waals surface area contributed by atoms with Gasteiger partial charge in [-0.25, -0.2) is 0 Å². The first-order valence-corrected chi connectivity index (χ1v) is 8.75. The normalized spacial score (nSPS) is 16.3. The monoisotopic (exact) mass is 359 g/mol. The molecule has 0 aliphatic carbocycles. The quantitative estimate of drug-likeness (QED) is 0.556. The molecule has 0 N–H and O–H groups in total. The van der Waals surface area contributed by atoms with Gasteiger partial charge in [-0.2, -0.15) is 10.1 Å². The molecule has 3 aromatic heterocycles. The van der Waals surface area contributed by atoms with Crippen molar-refractivity contribution < 1.29 is 9.26 Å². The van der Waals surface area contributed by atoms with Crippen molar-refractivity contribution in [3.63, 3.8) is 0 Å². The molecule has 1 aromatic carbocycles. The van der Waals surface area contributed by atoms with Crippen LogP contribution in [0.4, 0.5) is 0 Å². The molecule has 0 fully saturated rings. The summed E-state index contributed by atoms with van der Waals surface area (Å²) >= 11 is 0. The number of aromatic nitrogens is 5. The largest absolute Gasteiger partial charge is 0.365 e. The first-order valence-electron chi connectivity index (χ1n) is 8.75. The molecular weight excluding hydrogens is 342 g/mol. The summed E-state index contributed by atoms with van der Waals surface area (Å²) in [6, 6.07) is 14.0. The zero-order chi connectivity index (χ0) is 18.2. The second-order valence-corrected chi connectivity index (χ2v) is 6.57. The molecule has 7 nitrogen and oxygen atoms in total. The Morgan fingerprint density at radius 1 is 1.07 bits per heavy atom. The molecular formula is C20H17N5O2. The lowest BCUT2D eigenvalue weighted by Crippen LogP contribution is -2.21. The molecule has 1 atom stereocenters. The fourth-order valence-corrected chi connectivity index (χ4v) is 3.16. The molecule has 5 rings (SSSR count). The third-order valence-corrected chi connectivity index (χ3v) is 4.67. The number of pyridine rings is 1. The van der Waals surface area contributed by atoms with Crippen LogP contribution >= 0.6 is 0 Å². The summed E-state index contributed by atoms with van der Waals surface area (Å²) in [5.74, 6) is 0.919. The predicted molar refractivity (Wildman–Crippen MR) is 97.5 cm³/mol. The number of rotatable bonds is 3. The third kappa shape index (κ3) is 3.02. The van der Waals surface area contributed by atoms with E-state index in [1.54, 1.807) is 12.4 Å². The van der Waals surface area contributed by atoms with Crippen LogP contribution in [-0.2, 0) is 17.9 Å². The molecule has 0 bridgehead atoms. The van der Waals surface area contributed by atoms with Crippen LogP contribution in [0.25, 0.3) is 23.0 Å². The van der Waals surface area contributed by atoms with Crippen LogP contribution in [0.2, 0.25) is 0 Å². The summed E-state index contributed by atoms with van der Waals surface area (Å²) in [4.78, 5) is 8.46. The molecule has 0 saturated heterocycles. The minimum atomic E-state index is -0.0130. The molecule has 134 valence electrons. The third-order valence-electron chi connectivity index (χ3n) is 4.67. The lowest BCUT2D eigenvalue weighted by molar-refractivity contribution is -0.00113. The molecule has 27 heavy (non-hydrogen) atoms. The molecule has 7 heteroatoms. The molecule has 4 heterocycles. The van der Waals surface area contributed by atoms with Crippen LogP contribution in [0, 0.1) is 6.92 Å². The van der Waals surface area contributed by atoms with Gasteiger partial charge in [0.05, 0.1) is 18.8 Å². The van der Waals surface area contributed by atoms with Crippen molar-refractivity contribution in [2.75, 3.05) is 0 Å². The first kappa shape index (κ1) is 15.9. The average molecular weight is 359 g/mol. The Bertz CT molecular complexity index is 1070. The van der Waals surface area contributed by atoms with Crippen molar-refractivity contribution in [3.05, 3.63) is 71.7 Å². The standard InChI is InChI=1S/C20H17N5O2/c1-13-2-4-14(5-3-13)18-11-25-16(12-26-18)10-17(23-25)20-22-19(24-27-20)15-6-8-21-9-7-15/h2-10,18H,11-12H2,1H3/t18-/m0/s1. The van der Waals surface area contributed by atoms with Gasteiger partial charge >= 0.3 is 0 Å². The van der Waals surface area contributed by atoms with Crippen molar-refractivity contribution in [2.45, 2.75) is 26.2 Å². The summed E-state index contributed by atoms with van der Waals surface area (Å²) in [5.41, 5.74) is 4.90. The minimum Gasteiger partial charge on any atom is -0.365 e. The Labute approximate surface area is 155 Å². The van der Waals surface area contributed by atoms with Gasteiger partial charge in [-0.05, 0) is 30.7 Å². The lowest BCUT2D eigenvalue weighted by Gasteiger charge is -2.24. The van der Waals surface area contributed by atoms with Crippen molar-refractivity contribution in [2.24, 2.45) is 0 Å². The first-order chi connectivity index (χ1) is 13.3. The van der Waals surface area contributed by atoms with Gasteiger partial charge in [0, 0.05) is 18.0 Å². The number of hydrogen-bond acceptors (Lipinski definition) is 6. The number of fused-ring (bicyclic) bond motifs is 1. The van der Waals surface area contributed by atoms with Gasteiger partial charge < -0.3 is 9.26 Å². The van der Waals surface area contributed by atoms with Crippen molar-refractivity contribution in [1.82, 2.24) is 24.9 Å². The van der Waals surface area contributed by atoms with E-state index in [1.165, 1.54) is 5.56 Å². The highest BCUT2D eigenvalue weighted by atomic mass is 16.5. The van der Waals surface area contributed by atoms with Crippen LogP contribution in [0.1, 0.15) is 22.9 Å². The molecule has 4 aromatic rings. The van der Waals surface area contributed by atoms with E-state index < -0.39 is 0 Å². The predicted octanol–water partition coefficient (Wildman–Crippen LogP) is 3.58. The number of hydrogen-bond donors (Lipinski definition) is 0. The number of nitrogens with zero attached hydrogens (tertiary/aromatic N) is 5. The van der Waals surface area contributed by atoms with Crippen LogP contribution in [0.15, 0.2) is 59.4 Å². The Morgan fingerprint density at radius 2 is 1.89 bits per heavy atom. The van der Waals surface area contributed by atoms with E-state index >= 15 is 0 Å². The topological polar surface area (TPSA) is 78.9 Å². The van der Waals surface area contributed by atoms with Gasteiger partial charge in [0.15, 0.2) is 5.69 Å². The molecule has 1 aliphatic heterocycles. The van der Waals surface area contributed by atoms with E-state index in [-0.39, 0.29) is 6.10 Å². The van der Waals surface area contributed by atoms with E-state index in [1.807, 2.05) is 22.9 Å². The molecule has 0 radical (unpaired) electrons. The van der Waals surface area contributed by atoms with E-state index in [9.17, 15) is 0 Å². The summed E-state index contributed by atoms with van der Waals surface area (Å²) in [7, 11) is 0. The van der Waals surface area contributed by atoms with Crippen LogP contribution in [-0.4, -0.2) is 24.9 Å². The average Bonchev–Trinajstić information content (AvgIpc) is 3.36. The van der Waals surface area contributed by atoms with Crippen molar-refractivity contribution in [1.29, 1.82) is 0 Å². The zero-order valence-corrected chi connectivity index (χ0v) is 14.7. The maximum Gasteiger partial charge on any atom is 0.278 e. The van der Waals surface area contributed by atoms with Gasteiger partial charge in [0.25, 0.3) is 5.89 Å². The van der Waals surface area contributed by atoms with Crippen LogP contribution in [0.5, 0.6) is 0 Å². The van der Waals surface area contributed by atoms with Gasteiger partial charge in [0.1, 0.15) is 6.10 Å². The van der Waals surface area contributed by atoms with Crippen LogP contribution < -0.4 is 0 Å². The van der Waals surface area contributed by atoms with Gasteiger partial charge in [-0.3, -0.25) is 9.67 Å². The Hall–Kier alpha value is -3.32. The maximum atomic E-state index is 6.02. The second-order valence-electron chi connectivity index (χ2n) is 6.57. The zero-order valence-electron chi connectivity index (χ0n) is 14.7. The summed E-state index contributed by atoms with van der Waals surface area (Å²) in [5, 5.41) is 8.69. The second kappa shape index (κ2) is 6.44. The SMILES string of the molecule is Cc1ccc([C@@H]2Cn3nc(-c4nc(-c5ccncc5)no4)cc3CO2)cc1. The highest BCUT2D eigenvalue weighted by molar-refractivity contribution is 5.57.